The summed E-state index contributed by atoms with van der Waals surface area (Å²) >= 11 is 0. The number of aromatic amines is 1. The van der Waals surface area contributed by atoms with Crippen molar-refractivity contribution < 1.29 is 9.47 Å². The van der Waals surface area contributed by atoms with Gasteiger partial charge >= 0.3 is 0 Å². The molecule has 4 nitrogen and oxygen atoms in total. The van der Waals surface area contributed by atoms with Gasteiger partial charge in [-0.2, -0.15) is 0 Å². The van der Waals surface area contributed by atoms with E-state index in [1.165, 1.54) is 11.1 Å². The number of fused-ring (bicyclic) bond motifs is 1. The third kappa shape index (κ3) is 3.02. The van der Waals surface area contributed by atoms with E-state index in [1.54, 1.807) is 7.11 Å². The summed E-state index contributed by atoms with van der Waals surface area (Å²) in [5.41, 5.74) is 5.52. The van der Waals surface area contributed by atoms with Gasteiger partial charge in [0, 0.05) is 5.56 Å². The molecule has 0 saturated heterocycles. The number of benzene rings is 2. The summed E-state index contributed by atoms with van der Waals surface area (Å²) in [6.45, 7) is 6.97. The van der Waals surface area contributed by atoms with Gasteiger partial charge in [-0.3, -0.25) is 0 Å². The number of methoxy groups -OCH3 is 1. The fourth-order valence-electron chi connectivity index (χ4n) is 2.55. The molecule has 4 heteroatoms. The van der Waals surface area contributed by atoms with Gasteiger partial charge in [-0.05, 0) is 61.7 Å². The summed E-state index contributed by atoms with van der Waals surface area (Å²) in [5.74, 6) is 2.33. The number of aromatic nitrogens is 2. The van der Waals surface area contributed by atoms with Crippen molar-refractivity contribution in [2.75, 3.05) is 13.7 Å². The van der Waals surface area contributed by atoms with Crippen LogP contribution >= 0.6 is 0 Å². The van der Waals surface area contributed by atoms with Crippen LogP contribution in [0.5, 0.6) is 11.5 Å². The quantitative estimate of drug-likeness (QED) is 0.746. The zero-order valence-electron chi connectivity index (χ0n) is 14.1. The minimum absolute atomic E-state index is 0.679. The van der Waals surface area contributed by atoms with Crippen LogP contribution in [0.25, 0.3) is 22.4 Å². The molecular formula is C19H22N2O2. The van der Waals surface area contributed by atoms with Crippen LogP contribution in [0.15, 0.2) is 30.3 Å². The average Bonchev–Trinajstić information content (AvgIpc) is 2.96. The van der Waals surface area contributed by atoms with E-state index in [1.807, 2.05) is 18.2 Å². The Hall–Kier alpha value is -2.49. The molecule has 0 fully saturated rings. The van der Waals surface area contributed by atoms with Crippen molar-refractivity contribution in [3.05, 3.63) is 41.5 Å². The zero-order chi connectivity index (χ0) is 16.4. The molecular weight excluding hydrogens is 288 g/mol. The van der Waals surface area contributed by atoms with Crippen molar-refractivity contribution in [3.63, 3.8) is 0 Å². The first kappa shape index (κ1) is 15.4. The van der Waals surface area contributed by atoms with Crippen molar-refractivity contribution in [1.29, 1.82) is 0 Å². The highest BCUT2D eigenvalue weighted by atomic mass is 16.5. The molecule has 0 amide bonds. The first-order valence-corrected chi connectivity index (χ1v) is 7.90. The van der Waals surface area contributed by atoms with E-state index in [4.69, 9.17) is 14.5 Å². The molecule has 1 heterocycles. The van der Waals surface area contributed by atoms with E-state index < -0.39 is 0 Å². The second-order valence-corrected chi connectivity index (χ2v) is 5.75. The lowest BCUT2D eigenvalue weighted by molar-refractivity contribution is 0.294. The Morgan fingerprint density at radius 3 is 2.57 bits per heavy atom. The number of nitrogens with one attached hydrogen (secondary N) is 1. The van der Waals surface area contributed by atoms with Crippen LogP contribution in [0.4, 0.5) is 0 Å². The number of rotatable bonds is 5. The molecule has 0 aliphatic rings. The first-order chi connectivity index (χ1) is 11.1. The number of hydrogen-bond acceptors (Lipinski definition) is 3. The fraction of sp³-hybridized carbons (Fsp3) is 0.316. The van der Waals surface area contributed by atoms with E-state index in [-0.39, 0.29) is 0 Å². The molecule has 0 aliphatic heterocycles. The highest BCUT2D eigenvalue weighted by Gasteiger charge is 2.11. The lowest BCUT2D eigenvalue weighted by Gasteiger charge is -2.10. The molecule has 3 rings (SSSR count). The SMILES string of the molecule is CCCOc1ccc(-c2nc3cc(C)c(C)cc3[nH]2)cc1OC. The maximum atomic E-state index is 5.70. The van der Waals surface area contributed by atoms with E-state index in [9.17, 15) is 0 Å². The summed E-state index contributed by atoms with van der Waals surface area (Å²) in [6.07, 6.45) is 0.965. The van der Waals surface area contributed by atoms with E-state index in [0.717, 1.165) is 40.3 Å². The highest BCUT2D eigenvalue weighted by Crippen LogP contribution is 2.32. The molecule has 0 unspecified atom stereocenters. The van der Waals surface area contributed by atoms with Gasteiger partial charge in [0.15, 0.2) is 11.5 Å². The number of nitrogens with zero attached hydrogens (tertiary/aromatic N) is 1. The predicted octanol–water partition coefficient (Wildman–Crippen LogP) is 4.64. The minimum Gasteiger partial charge on any atom is -0.493 e. The molecule has 23 heavy (non-hydrogen) atoms. The van der Waals surface area contributed by atoms with Gasteiger partial charge < -0.3 is 14.5 Å². The highest BCUT2D eigenvalue weighted by molar-refractivity contribution is 5.81. The lowest BCUT2D eigenvalue weighted by atomic mass is 10.1. The largest absolute Gasteiger partial charge is 0.493 e. The summed E-state index contributed by atoms with van der Waals surface area (Å²) in [4.78, 5) is 8.09. The second kappa shape index (κ2) is 6.32. The first-order valence-electron chi connectivity index (χ1n) is 7.90. The summed E-state index contributed by atoms with van der Waals surface area (Å²) < 4.78 is 11.2. The number of imidazole rings is 1. The zero-order valence-corrected chi connectivity index (χ0v) is 14.1. The Morgan fingerprint density at radius 1 is 1.04 bits per heavy atom. The monoisotopic (exact) mass is 310 g/mol. The molecule has 1 aromatic heterocycles. The van der Waals surface area contributed by atoms with Crippen LogP contribution in [0, 0.1) is 13.8 Å². The third-order valence-electron chi connectivity index (χ3n) is 4.00. The summed E-state index contributed by atoms with van der Waals surface area (Å²) in [5, 5.41) is 0. The van der Waals surface area contributed by atoms with E-state index in [0.29, 0.717) is 6.61 Å². The van der Waals surface area contributed by atoms with Gasteiger partial charge in [0.05, 0.1) is 24.8 Å². The van der Waals surface area contributed by atoms with E-state index >= 15 is 0 Å². The van der Waals surface area contributed by atoms with Gasteiger partial charge in [-0.25, -0.2) is 4.98 Å². The predicted molar refractivity (Wildman–Crippen MR) is 93.3 cm³/mol. The van der Waals surface area contributed by atoms with Crippen molar-refractivity contribution in [1.82, 2.24) is 9.97 Å². The maximum Gasteiger partial charge on any atom is 0.161 e. The Morgan fingerprint density at radius 2 is 1.83 bits per heavy atom. The summed E-state index contributed by atoms with van der Waals surface area (Å²) in [6, 6.07) is 10.2. The Labute approximate surface area is 136 Å². The van der Waals surface area contributed by atoms with Crippen molar-refractivity contribution in [3.8, 4) is 22.9 Å². The van der Waals surface area contributed by atoms with E-state index in [2.05, 4.69) is 37.9 Å². The van der Waals surface area contributed by atoms with Crippen LogP contribution < -0.4 is 9.47 Å². The fourth-order valence-corrected chi connectivity index (χ4v) is 2.55. The molecule has 0 bridgehead atoms. The van der Waals surface area contributed by atoms with Crippen LogP contribution in [-0.4, -0.2) is 23.7 Å². The molecule has 0 atom stereocenters. The maximum absolute atomic E-state index is 5.70. The standard InChI is InChI=1S/C19H22N2O2/c1-5-8-23-17-7-6-14(11-18(17)22-4)19-20-15-9-12(2)13(3)10-16(15)21-19/h6-7,9-11H,5,8H2,1-4H3,(H,20,21). The minimum atomic E-state index is 0.679. The van der Waals surface area contributed by atoms with Gasteiger partial charge in [-0.1, -0.05) is 6.92 Å². The third-order valence-corrected chi connectivity index (χ3v) is 4.00. The average molecular weight is 310 g/mol. The summed E-state index contributed by atoms with van der Waals surface area (Å²) in [7, 11) is 1.66. The van der Waals surface area contributed by atoms with Crippen LogP contribution in [-0.2, 0) is 0 Å². The molecule has 0 saturated carbocycles. The number of hydrogen-bond donors (Lipinski definition) is 1. The Bertz CT molecular complexity index is 798. The molecule has 3 aromatic rings. The molecule has 120 valence electrons. The van der Waals surface area contributed by atoms with Crippen LogP contribution in [0.1, 0.15) is 24.5 Å². The molecule has 1 N–H and O–H groups in total. The smallest absolute Gasteiger partial charge is 0.161 e. The molecule has 0 radical (unpaired) electrons. The van der Waals surface area contributed by atoms with Crippen molar-refractivity contribution in [2.24, 2.45) is 0 Å². The molecule has 0 aliphatic carbocycles. The normalized spacial score (nSPS) is 11.0. The Balaban J connectivity index is 2.01. The van der Waals surface area contributed by atoms with Crippen molar-refractivity contribution in [2.45, 2.75) is 27.2 Å². The van der Waals surface area contributed by atoms with Gasteiger partial charge in [0.25, 0.3) is 0 Å². The Kier molecular flexibility index (Phi) is 4.24. The van der Waals surface area contributed by atoms with Gasteiger partial charge in [-0.15, -0.1) is 0 Å². The van der Waals surface area contributed by atoms with Crippen molar-refractivity contribution >= 4 is 11.0 Å². The molecule has 0 spiro atoms. The number of ether oxygens (including phenoxy) is 2. The van der Waals surface area contributed by atoms with Crippen LogP contribution in [0.3, 0.4) is 0 Å². The lowest BCUT2D eigenvalue weighted by Crippen LogP contribution is -1.98. The van der Waals surface area contributed by atoms with Gasteiger partial charge in [0.2, 0.25) is 0 Å². The van der Waals surface area contributed by atoms with Gasteiger partial charge in [0.1, 0.15) is 5.82 Å². The topological polar surface area (TPSA) is 47.1 Å². The second-order valence-electron chi connectivity index (χ2n) is 5.75. The van der Waals surface area contributed by atoms with Crippen LogP contribution in [0.2, 0.25) is 0 Å². The number of aryl methyl sites for hydroxylation is 2. The number of H-pyrrole nitrogens is 1. The molecule has 2 aromatic carbocycles.